The summed E-state index contributed by atoms with van der Waals surface area (Å²) in [5, 5.41) is 8.38. The number of rotatable bonds is 7. The zero-order chi connectivity index (χ0) is 18.9. The van der Waals surface area contributed by atoms with E-state index >= 15 is 0 Å². The number of hydrogen-bond acceptors (Lipinski definition) is 7. The Morgan fingerprint density at radius 2 is 2.04 bits per heavy atom. The molecule has 138 valence electrons. The number of nitrogens with one attached hydrogen (secondary N) is 2. The number of aryl methyl sites for hydroxylation is 1. The van der Waals surface area contributed by atoms with Gasteiger partial charge in [0.2, 0.25) is 0 Å². The summed E-state index contributed by atoms with van der Waals surface area (Å²) >= 11 is 1.41. The SMILES string of the molecule is CCNC(=O)NC(=O)COC(=O)c1ccccc1SCc1cc(C)on1. The molecule has 9 heteroatoms. The molecule has 1 aromatic heterocycles. The highest BCUT2D eigenvalue weighted by Gasteiger charge is 2.16. The van der Waals surface area contributed by atoms with E-state index in [2.05, 4.69) is 15.8 Å². The summed E-state index contributed by atoms with van der Waals surface area (Å²) in [6.45, 7) is 3.36. The second-order valence-electron chi connectivity index (χ2n) is 5.20. The highest BCUT2D eigenvalue weighted by molar-refractivity contribution is 7.98. The van der Waals surface area contributed by atoms with Crippen molar-refractivity contribution in [2.45, 2.75) is 24.5 Å². The topological polar surface area (TPSA) is 111 Å². The van der Waals surface area contributed by atoms with E-state index in [0.717, 1.165) is 5.69 Å². The Balaban J connectivity index is 1.92. The summed E-state index contributed by atoms with van der Waals surface area (Å²) in [7, 11) is 0. The molecule has 26 heavy (non-hydrogen) atoms. The fourth-order valence-electron chi connectivity index (χ4n) is 1.98. The maximum absolute atomic E-state index is 12.2. The third kappa shape index (κ3) is 5.92. The van der Waals surface area contributed by atoms with Gasteiger partial charge in [-0.3, -0.25) is 10.1 Å². The fourth-order valence-corrected chi connectivity index (χ4v) is 2.90. The van der Waals surface area contributed by atoms with E-state index in [1.54, 1.807) is 38.1 Å². The molecule has 0 spiro atoms. The molecule has 0 fully saturated rings. The van der Waals surface area contributed by atoms with Crippen LogP contribution in [0, 0.1) is 6.92 Å². The molecule has 2 rings (SSSR count). The molecule has 8 nitrogen and oxygen atoms in total. The summed E-state index contributed by atoms with van der Waals surface area (Å²) in [6, 6.07) is 8.08. The lowest BCUT2D eigenvalue weighted by atomic mass is 10.2. The lowest BCUT2D eigenvalue weighted by Gasteiger charge is -2.09. The van der Waals surface area contributed by atoms with Gasteiger partial charge in [0, 0.05) is 23.3 Å². The van der Waals surface area contributed by atoms with Crippen LogP contribution in [0.25, 0.3) is 0 Å². The van der Waals surface area contributed by atoms with Crippen LogP contribution >= 0.6 is 11.8 Å². The highest BCUT2D eigenvalue weighted by atomic mass is 32.2. The number of hydrogen-bond donors (Lipinski definition) is 2. The Hall–Kier alpha value is -2.81. The van der Waals surface area contributed by atoms with Gasteiger partial charge in [0.15, 0.2) is 6.61 Å². The van der Waals surface area contributed by atoms with Crippen molar-refractivity contribution in [2.75, 3.05) is 13.2 Å². The van der Waals surface area contributed by atoms with Crippen molar-refractivity contribution in [2.24, 2.45) is 0 Å². The van der Waals surface area contributed by atoms with Gasteiger partial charge in [-0.2, -0.15) is 0 Å². The third-order valence-electron chi connectivity index (χ3n) is 3.08. The Morgan fingerprint density at radius 1 is 1.27 bits per heavy atom. The number of urea groups is 1. The van der Waals surface area contributed by atoms with Crippen LogP contribution in [0.5, 0.6) is 0 Å². The van der Waals surface area contributed by atoms with E-state index in [-0.39, 0.29) is 0 Å². The number of amides is 3. The fraction of sp³-hybridized carbons (Fsp3) is 0.294. The first-order valence-electron chi connectivity index (χ1n) is 7.88. The molecule has 0 aliphatic carbocycles. The molecule has 3 amide bonds. The first kappa shape index (κ1) is 19.5. The van der Waals surface area contributed by atoms with Crippen molar-refractivity contribution >= 4 is 29.7 Å². The molecule has 1 heterocycles. The number of aromatic nitrogens is 1. The maximum Gasteiger partial charge on any atom is 0.339 e. The number of nitrogens with zero attached hydrogens (tertiary/aromatic N) is 1. The van der Waals surface area contributed by atoms with Crippen LogP contribution in [0.3, 0.4) is 0 Å². The van der Waals surface area contributed by atoms with Gasteiger partial charge in [-0.05, 0) is 26.0 Å². The molecular formula is C17H19N3O5S. The lowest BCUT2D eigenvalue weighted by molar-refractivity contribution is -0.123. The Bertz CT molecular complexity index is 790. The van der Waals surface area contributed by atoms with Gasteiger partial charge >= 0.3 is 12.0 Å². The number of carbonyl (C=O) groups is 3. The number of carbonyl (C=O) groups excluding carboxylic acids is 3. The van der Waals surface area contributed by atoms with Gasteiger partial charge in [0.25, 0.3) is 5.91 Å². The smallest absolute Gasteiger partial charge is 0.339 e. The van der Waals surface area contributed by atoms with E-state index in [9.17, 15) is 14.4 Å². The molecule has 0 atom stereocenters. The van der Waals surface area contributed by atoms with Crippen molar-refractivity contribution in [1.82, 2.24) is 15.8 Å². The quantitative estimate of drug-likeness (QED) is 0.562. The second kappa shape index (κ2) is 9.62. The average molecular weight is 377 g/mol. The van der Waals surface area contributed by atoms with E-state index in [4.69, 9.17) is 9.26 Å². The van der Waals surface area contributed by atoms with Gasteiger partial charge < -0.3 is 14.6 Å². The first-order chi connectivity index (χ1) is 12.5. The van der Waals surface area contributed by atoms with Crippen LogP contribution < -0.4 is 10.6 Å². The summed E-state index contributed by atoms with van der Waals surface area (Å²) in [5.74, 6) is -0.103. The highest BCUT2D eigenvalue weighted by Crippen LogP contribution is 2.26. The predicted octanol–water partition coefficient (Wildman–Crippen LogP) is 2.28. The molecule has 0 radical (unpaired) electrons. The van der Waals surface area contributed by atoms with Crippen molar-refractivity contribution in [3.63, 3.8) is 0 Å². The van der Waals surface area contributed by atoms with E-state index < -0.39 is 24.5 Å². The molecule has 0 aliphatic heterocycles. The molecule has 0 aliphatic rings. The number of imide groups is 1. The maximum atomic E-state index is 12.2. The Kier molecular flexibility index (Phi) is 7.22. The van der Waals surface area contributed by atoms with Gasteiger partial charge in [0.05, 0.1) is 11.3 Å². The van der Waals surface area contributed by atoms with Gasteiger partial charge in [0.1, 0.15) is 5.76 Å². The third-order valence-corrected chi connectivity index (χ3v) is 4.19. The predicted molar refractivity (Wildman–Crippen MR) is 94.7 cm³/mol. The molecule has 2 N–H and O–H groups in total. The molecule has 0 bridgehead atoms. The van der Waals surface area contributed by atoms with E-state index in [0.29, 0.717) is 28.5 Å². The average Bonchev–Trinajstić information content (AvgIpc) is 3.03. The van der Waals surface area contributed by atoms with E-state index in [1.165, 1.54) is 11.8 Å². The molecule has 0 saturated carbocycles. The van der Waals surface area contributed by atoms with Crippen LogP contribution in [0.1, 0.15) is 28.7 Å². The zero-order valence-corrected chi connectivity index (χ0v) is 15.2. The molecular weight excluding hydrogens is 358 g/mol. The van der Waals surface area contributed by atoms with Gasteiger partial charge in [-0.25, -0.2) is 9.59 Å². The van der Waals surface area contributed by atoms with Crippen molar-refractivity contribution in [3.05, 3.63) is 47.3 Å². The van der Waals surface area contributed by atoms with E-state index in [1.807, 2.05) is 6.07 Å². The minimum Gasteiger partial charge on any atom is -0.452 e. The molecule has 1 aromatic carbocycles. The Labute approximate surface area is 154 Å². The number of benzene rings is 1. The number of esters is 1. The van der Waals surface area contributed by atoms with Crippen LogP contribution in [-0.4, -0.2) is 36.2 Å². The molecule has 0 unspecified atom stereocenters. The Morgan fingerprint density at radius 3 is 2.73 bits per heavy atom. The zero-order valence-electron chi connectivity index (χ0n) is 14.4. The first-order valence-corrected chi connectivity index (χ1v) is 8.87. The van der Waals surface area contributed by atoms with Crippen molar-refractivity contribution < 1.29 is 23.6 Å². The standard InChI is InChI=1S/C17H19N3O5S/c1-3-18-17(23)19-15(21)9-24-16(22)13-6-4-5-7-14(13)26-10-12-8-11(2)25-20-12/h4-8H,3,9-10H2,1-2H3,(H2,18,19,21,23). The minimum atomic E-state index is -0.701. The summed E-state index contributed by atoms with van der Waals surface area (Å²) < 4.78 is 10.00. The van der Waals surface area contributed by atoms with Crippen LogP contribution in [0.4, 0.5) is 4.79 Å². The second-order valence-corrected chi connectivity index (χ2v) is 6.21. The summed E-state index contributed by atoms with van der Waals surface area (Å²) in [6.07, 6.45) is 0. The van der Waals surface area contributed by atoms with Crippen LogP contribution in [0.2, 0.25) is 0 Å². The molecule has 2 aromatic rings. The summed E-state index contributed by atoms with van der Waals surface area (Å²) in [4.78, 5) is 35.8. The minimum absolute atomic E-state index is 0.337. The van der Waals surface area contributed by atoms with Crippen molar-refractivity contribution in [3.8, 4) is 0 Å². The van der Waals surface area contributed by atoms with Gasteiger partial charge in [-0.1, -0.05) is 17.3 Å². The number of thioether (sulfide) groups is 1. The van der Waals surface area contributed by atoms with Crippen LogP contribution in [-0.2, 0) is 15.3 Å². The lowest BCUT2D eigenvalue weighted by Crippen LogP contribution is -2.41. The van der Waals surface area contributed by atoms with Gasteiger partial charge in [-0.15, -0.1) is 11.8 Å². The molecule has 0 saturated heterocycles. The largest absolute Gasteiger partial charge is 0.452 e. The summed E-state index contributed by atoms with van der Waals surface area (Å²) in [5.41, 5.74) is 1.10. The van der Waals surface area contributed by atoms with Crippen LogP contribution in [0.15, 0.2) is 39.8 Å². The normalized spacial score (nSPS) is 10.2. The monoisotopic (exact) mass is 377 g/mol. The van der Waals surface area contributed by atoms with Crippen molar-refractivity contribution in [1.29, 1.82) is 0 Å². The number of ether oxygens (including phenoxy) is 1.